The lowest BCUT2D eigenvalue weighted by Gasteiger charge is -1.87. The first-order chi connectivity index (χ1) is 4.61. The van der Waals surface area contributed by atoms with E-state index in [-0.39, 0.29) is 0 Å². The highest BCUT2D eigenvalue weighted by Crippen LogP contribution is 2.04. The van der Waals surface area contributed by atoms with Gasteiger partial charge in [-0.05, 0) is 6.92 Å². The highest BCUT2D eigenvalue weighted by Gasteiger charge is 2.02. The molecule has 0 aliphatic rings. The Labute approximate surface area is 57.6 Å². The number of nitrogens with two attached hydrogens (primary N) is 2. The van der Waals surface area contributed by atoms with Gasteiger partial charge in [0.05, 0.1) is 17.6 Å². The number of aryl methyl sites for hydroxylation is 1. The first-order valence-electron chi connectivity index (χ1n) is 2.73. The number of primary amides is 1. The molecule has 0 radical (unpaired) electrons. The van der Waals surface area contributed by atoms with E-state index < -0.39 is 6.03 Å². The number of carbonyl (C=O) groups excluding carboxylic acids is 1. The minimum absolute atomic E-state index is 0.471. The average molecular weight is 140 g/mol. The Morgan fingerprint density at radius 1 is 1.80 bits per heavy atom. The summed E-state index contributed by atoms with van der Waals surface area (Å²) in [6, 6.07) is -0.625. The van der Waals surface area contributed by atoms with Gasteiger partial charge in [0.2, 0.25) is 0 Å². The SMILES string of the molecule is Cc1nn(C(N)=O)cc1N. The van der Waals surface area contributed by atoms with Crippen molar-refractivity contribution in [3.05, 3.63) is 11.9 Å². The molecule has 0 saturated carbocycles. The highest BCUT2D eigenvalue weighted by molar-refractivity contribution is 5.74. The first kappa shape index (κ1) is 6.60. The van der Waals surface area contributed by atoms with E-state index in [0.717, 1.165) is 4.68 Å². The van der Waals surface area contributed by atoms with Gasteiger partial charge in [0.25, 0.3) is 0 Å². The van der Waals surface area contributed by atoms with Crippen LogP contribution in [0.5, 0.6) is 0 Å². The largest absolute Gasteiger partial charge is 0.396 e. The molecule has 0 saturated heterocycles. The third kappa shape index (κ3) is 0.928. The molecule has 0 aliphatic carbocycles. The number of hydrogen-bond acceptors (Lipinski definition) is 3. The lowest BCUT2D eigenvalue weighted by atomic mass is 10.4. The smallest absolute Gasteiger partial charge is 0.339 e. The van der Waals surface area contributed by atoms with Crippen LogP contribution in [0.2, 0.25) is 0 Å². The van der Waals surface area contributed by atoms with E-state index in [1.54, 1.807) is 6.92 Å². The first-order valence-corrected chi connectivity index (χ1v) is 2.73. The summed E-state index contributed by atoms with van der Waals surface area (Å²) in [7, 11) is 0. The van der Waals surface area contributed by atoms with Crippen molar-refractivity contribution in [3.8, 4) is 0 Å². The van der Waals surface area contributed by atoms with Gasteiger partial charge in [-0.3, -0.25) is 0 Å². The Hall–Kier alpha value is -1.52. The van der Waals surface area contributed by atoms with Gasteiger partial charge in [0.1, 0.15) is 0 Å². The lowest BCUT2D eigenvalue weighted by molar-refractivity contribution is 0.247. The molecule has 4 N–H and O–H groups in total. The van der Waals surface area contributed by atoms with E-state index in [9.17, 15) is 4.79 Å². The zero-order valence-corrected chi connectivity index (χ0v) is 5.53. The molecule has 5 heteroatoms. The molecule has 0 unspecified atom stereocenters. The number of hydrogen-bond donors (Lipinski definition) is 2. The van der Waals surface area contributed by atoms with E-state index in [2.05, 4.69) is 5.10 Å². The number of rotatable bonds is 0. The Balaban J connectivity index is 3.10. The number of nitrogen functional groups attached to an aromatic ring is 1. The minimum Gasteiger partial charge on any atom is -0.396 e. The molecule has 1 rings (SSSR count). The summed E-state index contributed by atoms with van der Waals surface area (Å²) in [4.78, 5) is 10.4. The fourth-order valence-corrected chi connectivity index (χ4v) is 0.586. The van der Waals surface area contributed by atoms with Gasteiger partial charge in [-0.1, -0.05) is 0 Å². The maximum Gasteiger partial charge on any atom is 0.339 e. The molecule has 0 aliphatic heterocycles. The predicted octanol–water partition coefficient (Wildman–Crippen LogP) is -0.299. The monoisotopic (exact) mass is 140 g/mol. The Kier molecular flexibility index (Phi) is 1.33. The second-order valence-corrected chi connectivity index (χ2v) is 1.95. The van der Waals surface area contributed by atoms with Crippen LogP contribution < -0.4 is 11.5 Å². The fourth-order valence-electron chi connectivity index (χ4n) is 0.586. The summed E-state index contributed by atoms with van der Waals surface area (Å²) in [5.41, 5.74) is 11.4. The van der Waals surface area contributed by atoms with Crippen LogP contribution in [0.3, 0.4) is 0 Å². The summed E-state index contributed by atoms with van der Waals surface area (Å²) in [5, 5.41) is 3.73. The van der Waals surface area contributed by atoms with Crippen molar-refractivity contribution in [1.82, 2.24) is 9.78 Å². The number of anilines is 1. The van der Waals surface area contributed by atoms with E-state index in [1.165, 1.54) is 6.20 Å². The Morgan fingerprint density at radius 2 is 2.40 bits per heavy atom. The van der Waals surface area contributed by atoms with Crippen molar-refractivity contribution in [1.29, 1.82) is 0 Å². The van der Waals surface area contributed by atoms with Crippen molar-refractivity contribution in [2.24, 2.45) is 5.73 Å². The van der Waals surface area contributed by atoms with Crippen LogP contribution in [-0.2, 0) is 0 Å². The Morgan fingerprint density at radius 3 is 2.60 bits per heavy atom. The molecule has 0 atom stereocenters. The van der Waals surface area contributed by atoms with Crippen LogP contribution in [0.1, 0.15) is 5.69 Å². The zero-order chi connectivity index (χ0) is 7.72. The molecular weight excluding hydrogens is 132 g/mol. The summed E-state index contributed by atoms with van der Waals surface area (Å²) in [6.45, 7) is 1.70. The van der Waals surface area contributed by atoms with Crippen molar-refractivity contribution in [2.45, 2.75) is 6.92 Å². The fraction of sp³-hybridized carbons (Fsp3) is 0.200. The van der Waals surface area contributed by atoms with Crippen molar-refractivity contribution >= 4 is 11.7 Å². The molecule has 1 aromatic rings. The number of amides is 1. The number of carbonyl (C=O) groups is 1. The zero-order valence-electron chi connectivity index (χ0n) is 5.53. The third-order valence-corrected chi connectivity index (χ3v) is 1.16. The molecule has 0 bridgehead atoms. The summed E-state index contributed by atoms with van der Waals surface area (Å²) in [6.07, 6.45) is 1.39. The van der Waals surface area contributed by atoms with E-state index in [1.807, 2.05) is 0 Å². The molecule has 0 fully saturated rings. The van der Waals surface area contributed by atoms with E-state index in [0.29, 0.717) is 11.4 Å². The quantitative estimate of drug-likeness (QED) is 0.518. The van der Waals surface area contributed by atoms with E-state index in [4.69, 9.17) is 11.5 Å². The van der Waals surface area contributed by atoms with Gasteiger partial charge in [0.15, 0.2) is 0 Å². The van der Waals surface area contributed by atoms with E-state index >= 15 is 0 Å². The summed E-state index contributed by atoms with van der Waals surface area (Å²) in [5.74, 6) is 0. The minimum atomic E-state index is -0.625. The van der Waals surface area contributed by atoms with Gasteiger partial charge in [-0.15, -0.1) is 0 Å². The maximum atomic E-state index is 10.4. The highest BCUT2D eigenvalue weighted by atomic mass is 16.2. The van der Waals surface area contributed by atoms with Crippen LogP contribution in [0.15, 0.2) is 6.20 Å². The summed E-state index contributed by atoms with van der Waals surface area (Å²) >= 11 is 0. The lowest BCUT2D eigenvalue weighted by Crippen LogP contribution is -2.19. The van der Waals surface area contributed by atoms with Gasteiger partial charge >= 0.3 is 6.03 Å². The summed E-state index contributed by atoms with van der Waals surface area (Å²) < 4.78 is 1.00. The second kappa shape index (κ2) is 2.02. The van der Waals surface area contributed by atoms with Gasteiger partial charge in [-0.25, -0.2) is 4.79 Å². The van der Waals surface area contributed by atoms with Crippen LogP contribution in [-0.4, -0.2) is 15.8 Å². The molecule has 1 amide bonds. The van der Waals surface area contributed by atoms with Crippen LogP contribution >= 0.6 is 0 Å². The molecule has 0 spiro atoms. The van der Waals surface area contributed by atoms with Crippen LogP contribution in [0, 0.1) is 6.92 Å². The third-order valence-electron chi connectivity index (χ3n) is 1.16. The molecule has 0 aromatic carbocycles. The molecule has 10 heavy (non-hydrogen) atoms. The second-order valence-electron chi connectivity index (χ2n) is 1.95. The molecule has 54 valence electrons. The maximum absolute atomic E-state index is 10.4. The van der Waals surface area contributed by atoms with Crippen molar-refractivity contribution in [3.63, 3.8) is 0 Å². The standard InChI is InChI=1S/C5H8N4O/c1-3-4(6)2-9(8-3)5(7)10/h2H,6H2,1H3,(H2,7,10). The Bertz CT molecular complexity index is 245. The number of nitrogens with zero attached hydrogens (tertiary/aromatic N) is 2. The molecule has 1 aromatic heterocycles. The van der Waals surface area contributed by atoms with Crippen LogP contribution in [0.4, 0.5) is 10.5 Å². The molecule has 1 heterocycles. The number of aromatic nitrogens is 2. The van der Waals surface area contributed by atoms with Gasteiger partial charge < -0.3 is 11.5 Å². The van der Waals surface area contributed by atoms with Gasteiger partial charge in [-0.2, -0.15) is 9.78 Å². The molecular formula is C5H8N4O. The topological polar surface area (TPSA) is 86.9 Å². The molecule has 5 nitrogen and oxygen atoms in total. The van der Waals surface area contributed by atoms with Crippen molar-refractivity contribution < 1.29 is 4.79 Å². The van der Waals surface area contributed by atoms with Gasteiger partial charge in [0, 0.05) is 0 Å². The van der Waals surface area contributed by atoms with Crippen molar-refractivity contribution in [2.75, 3.05) is 5.73 Å². The van der Waals surface area contributed by atoms with Crippen LogP contribution in [0.25, 0.3) is 0 Å². The average Bonchev–Trinajstić information content (AvgIpc) is 2.13. The normalized spacial score (nSPS) is 9.70. The predicted molar refractivity (Wildman–Crippen MR) is 36.4 cm³/mol.